The number of nitriles is 1. The molecule has 90 valence electrons. The average molecular weight is 224 g/mol. The van der Waals surface area contributed by atoms with Crippen LogP contribution in [0.3, 0.4) is 0 Å². The van der Waals surface area contributed by atoms with E-state index in [2.05, 4.69) is 11.4 Å². The predicted molar refractivity (Wildman–Crippen MR) is 60.7 cm³/mol. The molecule has 0 saturated heterocycles. The number of amides is 1. The van der Waals surface area contributed by atoms with Gasteiger partial charge in [-0.25, -0.2) is 4.79 Å². The molecule has 1 N–H and O–H groups in total. The van der Waals surface area contributed by atoms with Crippen LogP contribution < -0.4 is 5.32 Å². The van der Waals surface area contributed by atoms with Crippen LogP contribution in [0.4, 0.5) is 4.79 Å². The Morgan fingerprint density at radius 1 is 1.50 bits per heavy atom. The summed E-state index contributed by atoms with van der Waals surface area (Å²) < 4.78 is 5.14. The quantitative estimate of drug-likeness (QED) is 0.783. The van der Waals surface area contributed by atoms with Crippen LogP contribution in [-0.4, -0.2) is 18.2 Å². The molecule has 0 aromatic heterocycles. The van der Waals surface area contributed by atoms with Crippen molar-refractivity contribution < 1.29 is 9.53 Å². The number of nitrogens with one attached hydrogen (secondary N) is 1. The highest BCUT2D eigenvalue weighted by atomic mass is 16.6. The molecule has 4 heteroatoms. The zero-order chi connectivity index (χ0) is 12.2. The van der Waals surface area contributed by atoms with E-state index < -0.39 is 5.60 Å². The van der Waals surface area contributed by atoms with Gasteiger partial charge >= 0.3 is 6.09 Å². The molecule has 0 aliphatic heterocycles. The lowest BCUT2D eigenvalue weighted by molar-refractivity contribution is 0.0519. The van der Waals surface area contributed by atoms with Crippen molar-refractivity contribution in [1.82, 2.24) is 5.32 Å². The van der Waals surface area contributed by atoms with E-state index in [1.807, 2.05) is 20.8 Å². The fourth-order valence-electron chi connectivity index (χ4n) is 1.92. The van der Waals surface area contributed by atoms with E-state index in [1.54, 1.807) is 0 Å². The largest absolute Gasteiger partial charge is 0.444 e. The van der Waals surface area contributed by atoms with Crippen molar-refractivity contribution in [2.45, 2.75) is 45.6 Å². The molecular formula is C12H20N2O2. The summed E-state index contributed by atoms with van der Waals surface area (Å²) in [6.07, 6.45) is 2.50. The lowest BCUT2D eigenvalue weighted by atomic mass is 10.1. The highest BCUT2D eigenvalue weighted by Gasteiger charge is 2.25. The Kier molecular flexibility index (Phi) is 4.17. The van der Waals surface area contributed by atoms with Gasteiger partial charge in [-0.15, -0.1) is 0 Å². The molecule has 0 spiro atoms. The lowest BCUT2D eigenvalue weighted by Crippen LogP contribution is -2.34. The second kappa shape index (κ2) is 5.20. The molecule has 2 unspecified atom stereocenters. The predicted octanol–water partition coefficient (Wildman–Crippen LogP) is 2.45. The van der Waals surface area contributed by atoms with Crippen LogP contribution in [0.15, 0.2) is 0 Å². The summed E-state index contributed by atoms with van der Waals surface area (Å²) >= 11 is 0. The highest BCUT2D eigenvalue weighted by Crippen LogP contribution is 2.29. The van der Waals surface area contributed by atoms with Crippen LogP contribution >= 0.6 is 0 Å². The number of carbonyl (C=O) groups excluding carboxylic acids is 1. The maximum absolute atomic E-state index is 11.4. The molecule has 1 aliphatic rings. The maximum atomic E-state index is 11.4. The molecule has 0 bridgehead atoms. The molecule has 1 fully saturated rings. The Hall–Kier alpha value is -1.24. The molecule has 0 radical (unpaired) electrons. The Balaban J connectivity index is 2.21. The van der Waals surface area contributed by atoms with Gasteiger partial charge in [0, 0.05) is 12.5 Å². The van der Waals surface area contributed by atoms with Gasteiger partial charge in [0.2, 0.25) is 0 Å². The lowest BCUT2D eigenvalue weighted by Gasteiger charge is -2.20. The van der Waals surface area contributed by atoms with E-state index in [9.17, 15) is 4.79 Å². The van der Waals surface area contributed by atoms with Crippen molar-refractivity contribution in [2.24, 2.45) is 11.8 Å². The minimum Gasteiger partial charge on any atom is -0.444 e. The van der Waals surface area contributed by atoms with Crippen LogP contribution in [0.5, 0.6) is 0 Å². The van der Waals surface area contributed by atoms with Crippen LogP contribution in [0, 0.1) is 23.2 Å². The number of rotatable bonds is 2. The fourth-order valence-corrected chi connectivity index (χ4v) is 1.92. The van der Waals surface area contributed by atoms with E-state index >= 15 is 0 Å². The smallest absolute Gasteiger partial charge is 0.407 e. The summed E-state index contributed by atoms with van der Waals surface area (Å²) in [4.78, 5) is 11.4. The summed E-state index contributed by atoms with van der Waals surface area (Å²) in [5.74, 6) is 0.600. The molecule has 16 heavy (non-hydrogen) atoms. The SMILES string of the molecule is CC(C)(C)OC(=O)NCC1CCC(C#N)C1. The van der Waals surface area contributed by atoms with Gasteiger partial charge in [-0.05, 0) is 46.0 Å². The van der Waals surface area contributed by atoms with E-state index in [0.29, 0.717) is 12.5 Å². The fraction of sp³-hybridized carbons (Fsp3) is 0.833. The van der Waals surface area contributed by atoms with Crippen molar-refractivity contribution >= 4 is 6.09 Å². The van der Waals surface area contributed by atoms with E-state index in [-0.39, 0.29) is 12.0 Å². The molecular weight excluding hydrogens is 204 g/mol. The number of hydrogen-bond donors (Lipinski definition) is 1. The molecule has 0 aromatic carbocycles. The molecule has 4 nitrogen and oxygen atoms in total. The zero-order valence-corrected chi connectivity index (χ0v) is 10.2. The number of alkyl carbamates (subject to hydrolysis) is 1. The van der Waals surface area contributed by atoms with E-state index in [4.69, 9.17) is 10.00 Å². The third kappa shape index (κ3) is 4.52. The monoisotopic (exact) mass is 224 g/mol. The normalized spacial score (nSPS) is 24.9. The van der Waals surface area contributed by atoms with Crippen molar-refractivity contribution in [3.8, 4) is 6.07 Å². The summed E-state index contributed by atoms with van der Waals surface area (Å²) in [5, 5.41) is 11.5. The van der Waals surface area contributed by atoms with Gasteiger partial charge in [0.15, 0.2) is 0 Å². The van der Waals surface area contributed by atoms with Gasteiger partial charge in [0.25, 0.3) is 0 Å². The van der Waals surface area contributed by atoms with Crippen molar-refractivity contribution in [3.05, 3.63) is 0 Å². The molecule has 1 saturated carbocycles. The second-order valence-electron chi connectivity index (χ2n) is 5.39. The molecule has 0 aromatic rings. The van der Waals surface area contributed by atoms with Gasteiger partial charge < -0.3 is 10.1 Å². The molecule has 1 amide bonds. The Bertz CT molecular complexity index is 288. The minimum atomic E-state index is -0.449. The summed E-state index contributed by atoms with van der Waals surface area (Å²) in [6, 6.07) is 2.28. The topological polar surface area (TPSA) is 62.1 Å². The van der Waals surface area contributed by atoms with E-state index in [0.717, 1.165) is 19.3 Å². The van der Waals surface area contributed by atoms with Crippen molar-refractivity contribution in [2.75, 3.05) is 6.54 Å². The van der Waals surface area contributed by atoms with Gasteiger partial charge in [0.1, 0.15) is 5.60 Å². The number of carbonyl (C=O) groups is 1. The summed E-state index contributed by atoms with van der Waals surface area (Å²) in [5.41, 5.74) is -0.449. The van der Waals surface area contributed by atoms with Crippen molar-refractivity contribution in [3.63, 3.8) is 0 Å². The Morgan fingerprint density at radius 2 is 2.19 bits per heavy atom. The molecule has 1 aliphatic carbocycles. The van der Waals surface area contributed by atoms with Crippen LogP contribution in [-0.2, 0) is 4.74 Å². The van der Waals surface area contributed by atoms with Gasteiger partial charge in [0.05, 0.1) is 6.07 Å². The van der Waals surface area contributed by atoms with Crippen LogP contribution in [0.25, 0.3) is 0 Å². The van der Waals surface area contributed by atoms with E-state index in [1.165, 1.54) is 0 Å². The zero-order valence-electron chi connectivity index (χ0n) is 10.2. The number of nitrogens with zero attached hydrogens (tertiary/aromatic N) is 1. The van der Waals surface area contributed by atoms with Gasteiger partial charge in [-0.2, -0.15) is 5.26 Å². The highest BCUT2D eigenvalue weighted by molar-refractivity contribution is 5.67. The average Bonchev–Trinajstić information content (AvgIpc) is 2.59. The standard InChI is InChI=1S/C12H20N2O2/c1-12(2,3)16-11(15)14-8-10-5-4-9(6-10)7-13/h9-10H,4-6,8H2,1-3H3,(H,14,15). The first-order valence-electron chi connectivity index (χ1n) is 5.77. The molecule has 1 rings (SSSR count). The van der Waals surface area contributed by atoms with Crippen LogP contribution in [0.1, 0.15) is 40.0 Å². The first kappa shape index (κ1) is 12.8. The summed E-state index contributed by atoms with van der Waals surface area (Å²) in [7, 11) is 0. The number of hydrogen-bond acceptors (Lipinski definition) is 3. The third-order valence-electron chi connectivity index (χ3n) is 2.66. The molecule has 2 atom stereocenters. The first-order chi connectivity index (χ1) is 7.40. The minimum absolute atomic E-state index is 0.172. The second-order valence-corrected chi connectivity index (χ2v) is 5.39. The van der Waals surface area contributed by atoms with Gasteiger partial charge in [-0.1, -0.05) is 0 Å². The Labute approximate surface area is 97.0 Å². The summed E-state index contributed by atoms with van der Waals surface area (Å²) in [6.45, 7) is 6.14. The van der Waals surface area contributed by atoms with Crippen LogP contribution in [0.2, 0.25) is 0 Å². The first-order valence-corrected chi connectivity index (χ1v) is 5.77. The Morgan fingerprint density at radius 3 is 2.69 bits per heavy atom. The third-order valence-corrected chi connectivity index (χ3v) is 2.66. The molecule has 0 heterocycles. The maximum Gasteiger partial charge on any atom is 0.407 e. The van der Waals surface area contributed by atoms with Gasteiger partial charge in [-0.3, -0.25) is 0 Å². The number of ether oxygens (including phenoxy) is 1. The van der Waals surface area contributed by atoms with Crippen molar-refractivity contribution in [1.29, 1.82) is 5.26 Å².